The third-order valence-electron chi connectivity index (χ3n) is 2.76. The Kier molecular flexibility index (Phi) is 5.44. The maximum absolute atomic E-state index is 10.7. The van der Waals surface area contributed by atoms with Crippen LogP contribution in [0, 0.1) is 6.92 Å². The van der Waals surface area contributed by atoms with Crippen LogP contribution in [-0.4, -0.2) is 34.0 Å². The van der Waals surface area contributed by atoms with Gasteiger partial charge in [0.1, 0.15) is 24.2 Å². The first-order valence-electron chi connectivity index (χ1n) is 5.71. The van der Waals surface area contributed by atoms with Crippen molar-refractivity contribution in [1.29, 1.82) is 0 Å². The summed E-state index contributed by atoms with van der Waals surface area (Å²) >= 11 is 0. The van der Waals surface area contributed by atoms with Crippen molar-refractivity contribution in [2.45, 2.75) is 13.0 Å². The fraction of sp³-hybridized carbons (Fsp3) is 0.462. The molecule has 2 N–H and O–H groups in total. The molecule has 1 unspecified atom stereocenters. The van der Waals surface area contributed by atoms with E-state index < -0.39 is 12.2 Å². The van der Waals surface area contributed by atoms with Gasteiger partial charge in [0.15, 0.2) is 0 Å². The summed E-state index contributed by atoms with van der Waals surface area (Å²) < 4.78 is 20.6. The fourth-order valence-electron chi connectivity index (χ4n) is 1.77. The maximum Gasteiger partial charge on any atom is 0.404 e. The van der Waals surface area contributed by atoms with Crippen molar-refractivity contribution in [3.63, 3.8) is 0 Å². The number of nitrogens with two attached hydrogens (primary N) is 1. The summed E-state index contributed by atoms with van der Waals surface area (Å²) in [6.45, 7) is 1.92. The predicted molar refractivity (Wildman–Crippen MR) is 69.6 cm³/mol. The second-order valence-corrected chi connectivity index (χ2v) is 3.92. The first-order chi connectivity index (χ1) is 9.03. The molecular weight excluding hydrogens is 250 g/mol. The highest BCUT2D eigenvalue weighted by molar-refractivity contribution is 5.64. The van der Waals surface area contributed by atoms with Crippen LogP contribution in [0.5, 0.6) is 11.5 Å². The SMILES string of the molecule is COc1cc(C(COC(N)=O)OC)c(OC)cc1C. The summed E-state index contributed by atoms with van der Waals surface area (Å²) in [6, 6.07) is 3.64. The molecule has 0 heterocycles. The van der Waals surface area contributed by atoms with E-state index in [2.05, 4.69) is 0 Å². The Morgan fingerprint density at radius 3 is 2.32 bits per heavy atom. The van der Waals surface area contributed by atoms with Gasteiger partial charge in [0, 0.05) is 12.7 Å². The summed E-state index contributed by atoms with van der Waals surface area (Å²) in [7, 11) is 4.66. The van der Waals surface area contributed by atoms with E-state index in [1.54, 1.807) is 20.3 Å². The molecule has 0 aromatic heterocycles. The number of rotatable bonds is 6. The normalized spacial score (nSPS) is 11.8. The molecule has 0 fully saturated rings. The molecule has 1 atom stereocenters. The van der Waals surface area contributed by atoms with E-state index >= 15 is 0 Å². The lowest BCUT2D eigenvalue weighted by Gasteiger charge is -2.20. The van der Waals surface area contributed by atoms with Gasteiger partial charge in [0.05, 0.1) is 14.2 Å². The Morgan fingerprint density at radius 2 is 1.84 bits per heavy atom. The number of carbonyl (C=O) groups excluding carboxylic acids is 1. The van der Waals surface area contributed by atoms with Crippen LogP contribution in [0.4, 0.5) is 4.79 Å². The quantitative estimate of drug-likeness (QED) is 0.851. The highest BCUT2D eigenvalue weighted by Crippen LogP contribution is 2.33. The minimum Gasteiger partial charge on any atom is -0.496 e. The lowest BCUT2D eigenvalue weighted by molar-refractivity contribution is 0.0357. The molecule has 1 amide bonds. The average Bonchev–Trinajstić information content (AvgIpc) is 2.39. The van der Waals surface area contributed by atoms with Crippen LogP contribution in [0.15, 0.2) is 12.1 Å². The van der Waals surface area contributed by atoms with Gasteiger partial charge >= 0.3 is 6.09 Å². The largest absolute Gasteiger partial charge is 0.496 e. The molecule has 1 rings (SSSR count). The molecule has 0 aliphatic carbocycles. The second-order valence-electron chi connectivity index (χ2n) is 3.92. The van der Waals surface area contributed by atoms with Gasteiger partial charge < -0.3 is 24.7 Å². The second kappa shape index (κ2) is 6.84. The molecule has 19 heavy (non-hydrogen) atoms. The lowest BCUT2D eigenvalue weighted by atomic mass is 10.0. The van der Waals surface area contributed by atoms with Crippen LogP contribution in [-0.2, 0) is 9.47 Å². The molecule has 0 saturated carbocycles. The number of carbonyl (C=O) groups is 1. The minimum absolute atomic E-state index is 0.00834. The van der Waals surface area contributed by atoms with Crippen LogP contribution in [0.25, 0.3) is 0 Å². The van der Waals surface area contributed by atoms with Gasteiger partial charge in [-0.1, -0.05) is 0 Å². The summed E-state index contributed by atoms with van der Waals surface area (Å²) in [5.74, 6) is 1.34. The van der Waals surface area contributed by atoms with E-state index in [-0.39, 0.29) is 6.61 Å². The molecular formula is C13H19NO5. The number of methoxy groups -OCH3 is 3. The number of ether oxygens (including phenoxy) is 4. The van der Waals surface area contributed by atoms with Crippen molar-refractivity contribution in [2.24, 2.45) is 5.73 Å². The van der Waals surface area contributed by atoms with Crippen molar-refractivity contribution in [1.82, 2.24) is 0 Å². The summed E-state index contributed by atoms with van der Waals surface area (Å²) in [4.78, 5) is 10.7. The topological polar surface area (TPSA) is 80.0 Å². The molecule has 0 saturated heterocycles. The van der Waals surface area contributed by atoms with Gasteiger partial charge in [-0.25, -0.2) is 4.79 Å². The summed E-state index contributed by atoms with van der Waals surface area (Å²) in [5.41, 5.74) is 6.62. The minimum atomic E-state index is -0.847. The average molecular weight is 269 g/mol. The molecule has 1 aromatic carbocycles. The number of hydrogen-bond donors (Lipinski definition) is 1. The van der Waals surface area contributed by atoms with E-state index in [4.69, 9.17) is 24.7 Å². The Bertz CT molecular complexity index is 447. The van der Waals surface area contributed by atoms with Gasteiger partial charge in [0.25, 0.3) is 0 Å². The summed E-state index contributed by atoms with van der Waals surface area (Å²) in [5, 5.41) is 0. The highest BCUT2D eigenvalue weighted by Gasteiger charge is 2.19. The maximum atomic E-state index is 10.7. The Balaban J connectivity index is 3.09. The molecule has 0 aliphatic heterocycles. The molecule has 6 heteroatoms. The van der Waals surface area contributed by atoms with Crippen LogP contribution < -0.4 is 15.2 Å². The van der Waals surface area contributed by atoms with Crippen molar-refractivity contribution in [3.8, 4) is 11.5 Å². The van der Waals surface area contributed by atoms with Crippen molar-refractivity contribution < 1.29 is 23.7 Å². The van der Waals surface area contributed by atoms with Crippen LogP contribution >= 0.6 is 0 Å². The molecule has 0 radical (unpaired) electrons. The zero-order valence-electron chi connectivity index (χ0n) is 11.6. The molecule has 6 nitrogen and oxygen atoms in total. The monoisotopic (exact) mass is 269 g/mol. The van der Waals surface area contributed by atoms with Gasteiger partial charge in [-0.3, -0.25) is 0 Å². The Labute approximate surface area is 112 Å². The molecule has 0 aliphatic rings. The van der Waals surface area contributed by atoms with Gasteiger partial charge in [-0.15, -0.1) is 0 Å². The van der Waals surface area contributed by atoms with E-state index in [9.17, 15) is 4.79 Å². The number of amides is 1. The standard InChI is InChI=1S/C13H19NO5/c1-8-5-11(17-3)9(6-10(8)16-2)12(18-4)7-19-13(14)15/h5-6,12H,7H2,1-4H3,(H2,14,15). The van der Waals surface area contributed by atoms with Crippen molar-refractivity contribution >= 4 is 6.09 Å². The predicted octanol–water partition coefficient (Wildman–Crippen LogP) is 1.80. The Morgan fingerprint density at radius 1 is 1.21 bits per heavy atom. The zero-order chi connectivity index (χ0) is 14.4. The first kappa shape index (κ1) is 15.1. The third-order valence-corrected chi connectivity index (χ3v) is 2.76. The molecule has 0 bridgehead atoms. The lowest BCUT2D eigenvalue weighted by Crippen LogP contribution is -2.19. The number of primary amides is 1. The first-order valence-corrected chi connectivity index (χ1v) is 5.71. The van der Waals surface area contributed by atoms with Crippen molar-refractivity contribution in [2.75, 3.05) is 27.9 Å². The Hall–Kier alpha value is -1.95. The van der Waals surface area contributed by atoms with Crippen molar-refractivity contribution in [3.05, 3.63) is 23.3 Å². The molecule has 106 valence electrons. The molecule has 0 spiro atoms. The van der Waals surface area contributed by atoms with E-state index in [0.29, 0.717) is 11.5 Å². The smallest absolute Gasteiger partial charge is 0.404 e. The zero-order valence-corrected chi connectivity index (χ0v) is 11.6. The van der Waals surface area contributed by atoms with Crippen LogP contribution in [0.2, 0.25) is 0 Å². The number of benzene rings is 1. The van der Waals surface area contributed by atoms with Gasteiger partial charge in [-0.05, 0) is 24.6 Å². The van der Waals surface area contributed by atoms with Gasteiger partial charge in [0.2, 0.25) is 0 Å². The van der Waals surface area contributed by atoms with Crippen LogP contribution in [0.1, 0.15) is 17.2 Å². The summed E-state index contributed by atoms with van der Waals surface area (Å²) in [6.07, 6.45) is -1.32. The van der Waals surface area contributed by atoms with Crippen LogP contribution in [0.3, 0.4) is 0 Å². The van der Waals surface area contributed by atoms with E-state index in [1.165, 1.54) is 7.11 Å². The van der Waals surface area contributed by atoms with E-state index in [0.717, 1.165) is 11.1 Å². The third kappa shape index (κ3) is 3.75. The number of hydrogen-bond acceptors (Lipinski definition) is 5. The van der Waals surface area contributed by atoms with E-state index in [1.807, 2.05) is 13.0 Å². The molecule has 1 aromatic rings. The highest BCUT2D eigenvalue weighted by atomic mass is 16.6. The van der Waals surface area contributed by atoms with Gasteiger partial charge in [-0.2, -0.15) is 0 Å². The number of aryl methyl sites for hydroxylation is 1. The fourth-order valence-corrected chi connectivity index (χ4v) is 1.77.